The van der Waals surface area contributed by atoms with Crippen molar-refractivity contribution in [3.63, 3.8) is 0 Å². The summed E-state index contributed by atoms with van der Waals surface area (Å²) in [7, 11) is 0. The third-order valence-electron chi connectivity index (χ3n) is 6.74. The molecule has 11 nitrogen and oxygen atoms in total. The molecular formula is C24H29ClO11. The molecule has 2 aliphatic heterocycles. The largest absolute Gasteiger partial charge is 0.472 e. The number of aliphatic hydroxyl groups excluding tert-OH is 5. The number of aliphatic hydroxyl groups is 6. The fraction of sp³-hybridized carbons (Fsp3) is 0.542. The fourth-order valence-corrected chi connectivity index (χ4v) is 5.11. The topological polar surface area (TPSA) is 175 Å². The second-order valence-electron chi connectivity index (χ2n) is 9.00. The van der Waals surface area contributed by atoms with E-state index in [2.05, 4.69) is 0 Å². The molecule has 11 atom stereocenters. The second-order valence-corrected chi connectivity index (χ2v) is 9.48. The maximum absolute atomic E-state index is 12.3. The van der Waals surface area contributed by atoms with Gasteiger partial charge in [-0.15, -0.1) is 11.6 Å². The van der Waals surface area contributed by atoms with E-state index in [0.717, 1.165) is 5.56 Å². The van der Waals surface area contributed by atoms with E-state index in [1.165, 1.54) is 24.5 Å². The third kappa shape index (κ3) is 5.17. The van der Waals surface area contributed by atoms with Crippen LogP contribution in [0.25, 0.3) is 6.08 Å². The molecule has 1 saturated heterocycles. The highest BCUT2D eigenvalue weighted by Crippen LogP contribution is 2.49. The summed E-state index contributed by atoms with van der Waals surface area (Å²) in [6, 6.07) is 9.01. The van der Waals surface area contributed by atoms with Crippen LogP contribution in [0, 0.1) is 11.8 Å². The summed E-state index contributed by atoms with van der Waals surface area (Å²) < 4.78 is 21.8. The Morgan fingerprint density at radius 2 is 1.78 bits per heavy atom. The standard InChI is InChI=1S/C24H29ClO11/c25-21-17(28)13-8-9-33-22(36-23-20(31)19(30)18(29)14(10-26)35-23)16(13)24(21,32)11-34-15(27)7-6-12-4-2-1-3-5-12/h1-9,13-14,16-23,26,28-32H,10-11H2/t13-,14-,16-,17+,18-,19+,20-,21-,22+,23+,24-/m1/s1. The molecule has 1 saturated carbocycles. The number of rotatable bonds is 7. The van der Waals surface area contributed by atoms with Crippen LogP contribution in [0.1, 0.15) is 5.56 Å². The van der Waals surface area contributed by atoms with Gasteiger partial charge in [0.2, 0.25) is 6.29 Å². The van der Waals surface area contributed by atoms with E-state index in [4.69, 9.17) is 30.5 Å². The number of carbonyl (C=O) groups excluding carboxylic acids is 1. The Kier molecular flexibility index (Phi) is 8.35. The van der Waals surface area contributed by atoms with Crippen LogP contribution in [-0.4, -0.2) is 104 Å². The van der Waals surface area contributed by atoms with Crippen molar-refractivity contribution in [3.05, 3.63) is 54.3 Å². The van der Waals surface area contributed by atoms with E-state index in [0.29, 0.717) is 0 Å². The highest BCUT2D eigenvalue weighted by Gasteiger charge is 2.64. The zero-order chi connectivity index (χ0) is 26.0. The van der Waals surface area contributed by atoms with E-state index in [9.17, 15) is 35.4 Å². The molecule has 6 N–H and O–H groups in total. The summed E-state index contributed by atoms with van der Waals surface area (Å²) in [5, 5.41) is 60.7. The van der Waals surface area contributed by atoms with Crippen LogP contribution < -0.4 is 0 Å². The van der Waals surface area contributed by atoms with Crippen LogP contribution in [0.3, 0.4) is 0 Å². The molecule has 2 heterocycles. The summed E-state index contributed by atoms with van der Waals surface area (Å²) in [4.78, 5) is 12.3. The summed E-state index contributed by atoms with van der Waals surface area (Å²) in [6.45, 7) is -1.27. The SMILES string of the molecule is O=C(C=Cc1ccccc1)OC[C@@]1(O)[C@H]2[C@H](O[C@@H]3O[C@H](CO)[C@@H](O)[C@H](O)[C@H]3O)OC=C[C@H]2[C@H](O)[C@H]1Cl. The lowest BCUT2D eigenvalue weighted by Crippen LogP contribution is -2.61. The van der Waals surface area contributed by atoms with Crippen molar-refractivity contribution in [2.24, 2.45) is 11.8 Å². The number of halogens is 1. The van der Waals surface area contributed by atoms with Gasteiger partial charge in [-0.1, -0.05) is 30.3 Å². The van der Waals surface area contributed by atoms with Gasteiger partial charge in [-0.3, -0.25) is 0 Å². The van der Waals surface area contributed by atoms with Gasteiger partial charge in [0.1, 0.15) is 36.6 Å². The predicted molar refractivity (Wildman–Crippen MR) is 123 cm³/mol. The van der Waals surface area contributed by atoms with Crippen molar-refractivity contribution in [3.8, 4) is 0 Å². The first kappa shape index (κ1) is 27.0. The van der Waals surface area contributed by atoms with Gasteiger partial charge in [-0.2, -0.15) is 0 Å². The number of hydrogen-bond donors (Lipinski definition) is 6. The number of ether oxygens (including phenoxy) is 4. The lowest BCUT2D eigenvalue weighted by Gasteiger charge is -2.44. The summed E-state index contributed by atoms with van der Waals surface area (Å²) >= 11 is 6.38. The monoisotopic (exact) mass is 528 g/mol. The first-order chi connectivity index (χ1) is 17.2. The molecule has 0 amide bonds. The molecule has 0 bridgehead atoms. The summed E-state index contributed by atoms with van der Waals surface area (Å²) in [5.74, 6) is -2.62. The molecule has 1 aromatic rings. The molecule has 1 aliphatic carbocycles. The molecule has 36 heavy (non-hydrogen) atoms. The summed E-state index contributed by atoms with van der Waals surface area (Å²) in [5.41, 5.74) is -1.26. The van der Waals surface area contributed by atoms with Crippen molar-refractivity contribution in [2.75, 3.05) is 13.2 Å². The predicted octanol–water partition coefficient (Wildman–Crippen LogP) is -1.13. The number of carbonyl (C=O) groups is 1. The molecule has 198 valence electrons. The zero-order valence-corrected chi connectivity index (χ0v) is 19.7. The average molecular weight is 529 g/mol. The molecule has 0 aromatic heterocycles. The van der Waals surface area contributed by atoms with E-state index in [1.54, 1.807) is 24.3 Å². The molecule has 0 unspecified atom stereocenters. The number of fused-ring (bicyclic) bond motifs is 1. The molecule has 0 spiro atoms. The van der Waals surface area contributed by atoms with Crippen molar-refractivity contribution < 1.29 is 54.4 Å². The van der Waals surface area contributed by atoms with Crippen LogP contribution in [0.4, 0.5) is 0 Å². The smallest absolute Gasteiger partial charge is 0.330 e. The van der Waals surface area contributed by atoms with E-state index >= 15 is 0 Å². The maximum Gasteiger partial charge on any atom is 0.330 e. The Labute approximate surface area is 211 Å². The summed E-state index contributed by atoms with van der Waals surface area (Å²) in [6.07, 6.45) is -5.01. The Hall–Kier alpha value is -2.06. The van der Waals surface area contributed by atoms with Gasteiger partial charge >= 0.3 is 5.97 Å². The molecule has 4 rings (SSSR count). The molecule has 12 heteroatoms. The first-order valence-corrected chi connectivity index (χ1v) is 11.8. The molecule has 0 radical (unpaired) electrons. The third-order valence-corrected chi connectivity index (χ3v) is 7.38. The van der Waals surface area contributed by atoms with Gasteiger partial charge in [0.05, 0.1) is 30.3 Å². The molecular weight excluding hydrogens is 500 g/mol. The molecule has 2 fully saturated rings. The number of hydrogen-bond acceptors (Lipinski definition) is 11. The second kappa shape index (κ2) is 11.1. The van der Waals surface area contributed by atoms with Gasteiger partial charge in [0.25, 0.3) is 0 Å². The van der Waals surface area contributed by atoms with Gasteiger partial charge in [0.15, 0.2) is 6.29 Å². The Balaban J connectivity index is 1.49. The van der Waals surface area contributed by atoms with Crippen molar-refractivity contribution in [1.29, 1.82) is 0 Å². The van der Waals surface area contributed by atoms with Gasteiger partial charge in [-0.05, 0) is 17.7 Å². The lowest BCUT2D eigenvalue weighted by molar-refractivity contribution is -0.347. The Bertz CT molecular complexity index is 957. The van der Waals surface area contributed by atoms with E-state index in [-0.39, 0.29) is 0 Å². The maximum atomic E-state index is 12.3. The minimum absolute atomic E-state index is 0.608. The average Bonchev–Trinajstić information content (AvgIpc) is 3.09. The van der Waals surface area contributed by atoms with Gasteiger partial charge in [-0.25, -0.2) is 4.79 Å². The van der Waals surface area contributed by atoms with Crippen LogP contribution in [0.2, 0.25) is 0 Å². The van der Waals surface area contributed by atoms with Crippen LogP contribution in [0.5, 0.6) is 0 Å². The molecule has 3 aliphatic rings. The quantitative estimate of drug-likeness (QED) is 0.143. The first-order valence-electron chi connectivity index (χ1n) is 11.4. The minimum atomic E-state index is -2.02. The zero-order valence-electron chi connectivity index (χ0n) is 19.0. The van der Waals surface area contributed by atoms with Crippen LogP contribution in [0.15, 0.2) is 48.7 Å². The number of esters is 1. The van der Waals surface area contributed by atoms with E-state index < -0.39 is 85.1 Å². The lowest BCUT2D eigenvalue weighted by atomic mass is 9.84. The fourth-order valence-electron chi connectivity index (χ4n) is 4.74. The number of alkyl halides is 1. The van der Waals surface area contributed by atoms with E-state index in [1.807, 2.05) is 6.07 Å². The van der Waals surface area contributed by atoms with Gasteiger partial charge in [0, 0.05) is 12.0 Å². The van der Waals surface area contributed by atoms with Crippen molar-refractivity contribution in [2.45, 2.75) is 54.1 Å². The van der Waals surface area contributed by atoms with Crippen LogP contribution >= 0.6 is 11.6 Å². The number of benzene rings is 1. The molecule has 1 aromatic carbocycles. The van der Waals surface area contributed by atoms with Gasteiger partial charge < -0.3 is 49.6 Å². The van der Waals surface area contributed by atoms with Crippen LogP contribution in [-0.2, 0) is 23.7 Å². The Morgan fingerprint density at radius 3 is 2.47 bits per heavy atom. The van der Waals surface area contributed by atoms with Crippen molar-refractivity contribution in [1.82, 2.24) is 0 Å². The van der Waals surface area contributed by atoms with Crippen molar-refractivity contribution >= 4 is 23.6 Å². The highest BCUT2D eigenvalue weighted by atomic mass is 35.5. The highest BCUT2D eigenvalue weighted by molar-refractivity contribution is 6.22. The minimum Gasteiger partial charge on any atom is -0.472 e. The Morgan fingerprint density at radius 1 is 1.06 bits per heavy atom. The normalized spacial score (nSPS) is 42.2.